The van der Waals surface area contributed by atoms with E-state index in [4.69, 9.17) is 16.3 Å². The molecule has 1 aromatic carbocycles. The van der Waals surface area contributed by atoms with Crippen molar-refractivity contribution in [1.29, 1.82) is 0 Å². The molecule has 1 fully saturated rings. The number of rotatable bonds is 6. The van der Waals surface area contributed by atoms with E-state index in [-0.39, 0.29) is 24.0 Å². The maximum atomic E-state index is 6.12. The van der Waals surface area contributed by atoms with Crippen LogP contribution >= 0.6 is 35.6 Å². The number of nitrogens with one attached hydrogen (secondary N) is 2. The molecule has 0 amide bonds. The van der Waals surface area contributed by atoms with Crippen LogP contribution in [0.2, 0.25) is 5.02 Å². The van der Waals surface area contributed by atoms with Gasteiger partial charge < -0.3 is 19.9 Å². The molecule has 1 saturated heterocycles. The summed E-state index contributed by atoms with van der Waals surface area (Å²) >= 11 is 6.12. The van der Waals surface area contributed by atoms with Crippen LogP contribution in [0.5, 0.6) is 0 Å². The van der Waals surface area contributed by atoms with Crippen molar-refractivity contribution in [1.82, 2.24) is 15.2 Å². The van der Waals surface area contributed by atoms with Crippen LogP contribution in [0.3, 0.4) is 0 Å². The van der Waals surface area contributed by atoms with Crippen molar-refractivity contribution >= 4 is 52.4 Å². The number of fused-ring (bicyclic) bond motifs is 1. The highest BCUT2D eigenvalue weighted by Crippen LogP contribution is 2.22. The molecule has 2 heterocycles. The monoisotopic (exact) mass is 490 g/mol. The molecule has 3 rings (SSSR count). The topological polar surface area (TPSA) is 52.6 Å². The first kappa shape index (κ1) is 21.3. The molecule has 0 saturated carbocycles. The third-order valence-electron chi connectivity index (χ3n) is 4.76. The van der Waals surface area contributed by atoms with Crippen LogP contribution in [-0.4, -0.2) is 55.7 Å². The van der Waals surface area contributed by atoms with Crippen molar-refractivity contribution in [3.63, 3.8) is 0 Å². The molecule has 1 atom stereocenters. The molecule has 1 aliphatic rings. The van der Waals surface area contributed by atoms with Crippen LogP contribution in [0, 0.1) is 5.92 Å². The van der Waals surface area contributed by atoms with E-state index in [0.717, 1.165) is 55.8 Å². The van der Waals surface area contributed by atoms with Crippen LogP contribution in [0.4, 0.5) is 0 Å². The molecule has 144 valence electrons. The zero-order valence-corrected chi connectivity index (χ0v) is 18.5. The minimum Gasteiger partial charge on any atom is -0.381 e. The van der Waals surface area contributed by atoms with Gasteiger partial charge in [-0.05, 0) is 43.5 Å². The van der Waals surface area contributed by atoms with Gasteiger partial charge in [0.2, 0.25) is 0 Å². The Morgan fingerprint density at radius 2 is 2.31 bits per heavy atom. The molecule has 26 heavy (non-hydrogen) atoms. The third kappa shape index (κ3) is 5.27. The lowest BCUT2D eigenvalue weighted by molar-refractivity contribution is 0.114. The quantitative estimate of drug-likeness (QED) is 0.367. The largest absolute Gasteiger partial charge is 0.381 e. The van der Waals surface area contributed by atoms with E-state index < -0.39 is 0 Å². The highest BCUT2D eigenvalue weighted by atomic mass is 127. The number of guanidine groups is 1. The number of aliphatic imine (C=N–C) groups is 1. The van der Waals surface area contributed by atoms with Gasteiger partial charge in [0.1, 0.15) is 0 Å². The Bertz CT molecular complexity index is 733. The second-order valence-electron chi connectivity index (χ2n) is 6.49. The van der Waals surface area contributed by atoms with Crippen molar-refractivity contribution in [2.75, 3.05) is 39.9 Å². The average molecular weight is 491 g/mol. The molecule has 2 N–H and O–H groups in total. The molecule has 2 aromatic rings. The minimum atomic E-state index is 0. The van der Waals surface area contributed by atoms with Crippen molar-refractivity contribution < 1.29 is 4.74 Å². The summed E-state index contributed by atoms with van der Waals surface area (Å²) in [6, 6.07) is 5.96. The van der Waals surface area contributed by atoms with Gasteiger partial charge in [0.15, 0.2) is 5.96 Å². The Balaban J connectivity index is 0.00000243. The van der Waals surface area contributed by atoms with Gasteiger partial charge in [-0.2, -0.15) is 0 Å². The molecular weight excluding hydrogens is 463 g/mol. The molecule has 1 aliphatic heterocycles. The van der Waals surface area contributed by atoms with Gasteiger partial charge >= 0.3 is 0 Å². The lowest BCUT2D eigenvalue weighted by atomic mass is 10.1. The molecule has 7 heteroatoms. The fourth-order valence-electron chi connectivity index (χ4n) is 3.44. The average Bonchev–Trinajstić information content (AvgIpc) is 3.24. The first-order valence-corrected chi connectivity index (χ1v) is 9.38. The van der Waals surface area contributed by atoms with E-state index in [0.29, 0.717) is 5.92 Å². The Labute approximate surface area is 177 Å². The summed E-state index contributed by atoms with van der Waals surface area (Å²) in [5.41, 5.74) is 2.40. The molecule has 0 aliphatic carbocycles. The van der Waals surface area contributed by atoms with E-state index in [1.165, 1.54) is 17.4 Å². The summed E-state index contributed by atoms with van der Waals surface area (Å²) in [5.74, 6) is 1.59. The number of halogens is 2. The normalized spacial score (nSPS) is 17.6. The van der Waals surface area contributed by atoms with E-state index in [1.807, 2.05) is 32.2 Å². The second kappa shape index (κ2) is 10.4. The first-order valence-electron chi connectivity index (χ1n) is 9.00. The number of ether oxygens (including phenoxy) is 1. The van der Waals surface area contributed by atoms with E-state index in [2.05, 4.69) is 26.4 Å². The number of hydrogen-bond donors (Lipinski definition) is 2. The third-order valence-corrected chi connectivity index (χ3v) is 5.00. The zero-order valence-electron chi connectivity index (χ0n) is 15.4. The fourth-order valence-corrected chi connectivity index (χ4v) is 3.62. The van der Waals surface area contributed by atoms with Gasteiger partial charge in [0, 0.05) is 61.3 Å². The number of likely N-dealkylation sites (tertiary alicyclic amines) is 1. The summed E-state index contributed by atoms with van der Waals surface area (Å²) in [6.45, 7) is 6.59. The standard InChI is InChI=1S/C19H27ClN4O.HI/c1-3-25-13-14-7-9-24(12-14)19(21-2)22-8-6-15-11-23-18-5-4-16(20)10-17(15)18;/h4-5,10-11,14,23H,3,6-9,12-13H2,1-2H3,(H,21,22);1H. The van der Waals surface area contributed by atoms with Crippen molar-refractivity contribution in [3.8, 4) is 0 Å². The Hall–Kier alpha value is -0.990. The van der Waals surface area contributed by atoms with Crippen LogP contribution in [0.1, 0.15) is 18.9 Å². The van der Waals surface area contributed by atoms with Gasteiger partial charge in [-0.3, -0.25) is 4.99 Å². The molecule has 5 nitrogen and oxygen atoms in total. The van der Waals surface area contributed by atoms with Gasteiger partial charge in [0.05, 0.1) is 6.61 Å². The number of benzene rings is 1. The first-order chi connectivity index (χ1) is 12.2. The smallest absolute Gasteiger partial charge is 0.193 e. The molecule has 1 unspecified atom stereocenters. The molecule has 0 radical (unpaired) electrons. The highest BCUT2D eigenvalue weighted by molar-refractivity contribution is 14.0. The second-order valence-corrected chi connectivity index (χ2v) is 6.92. The molecule has 0 spiro atoms. The predicted molar refractivity (Wildman–Crippen MR) is 120 cm³/mol. The SMILES string of the molecule is CCOCC1CCN(C(=NC)NCCc2c[nH]c3ccc(Cl)cc23)C1.I. The van der Waals surface area contributed by atoms with Crippen LogP contribution in [0.15, 0.2) is 29.4 Å². The van der Waals surface area contributed by atoms with Gasteiger partial charge in [0.25, 0.3) is 0 Å². The Morgan fingerprint density at radius 3 is 3.08 bits per heavy atom. The maximum absolute atomic E-state index is 6.12. The fraction of sp³-hybridized carbons (Fsp3) is 0.526. The highest BCUT2D eigenvalue weighted by Gasteiger charge is 2.24. The minimum absolute atomic E-state index is 0. The number of aromatic amines is 1. The molecular formula is C19H28ClIN4O. The summed E-state index contributed by atoms with van der Waals surface area (Å²) in [7, 11) is 1.85. The molecule has 0 bridgehead atoms. The molecule has 1 aromatic heterocycles. The van der Waals surface area contributed by atoms with Crippen molar-refractivity contribution in [2.45, 2.75) is 19.8 Å². The van der Waals surface area contributed by atoms with E-state index >= 15 is 0 Å². The Morgan fingerprint density at radius 1 is 1.46 bits per heavy atom. The van der Waals surface area contributed by atoms with Gasteiger partial charge in [-0.1, -0.05) is 11.6 Å². The lowest BCUT2D eigenvalue weighted by Gasteiger charge is -2.21. The van der Waals surface area contributed by atoms with Gasteiger partial charge in [-0.25, -0.2) is 0 Å². The lowest BCUT2D eigenvalue weighted by Crippen LogP contribution is -2.41. The van der Waals surface area contributed by atoms with E-state index in [1.54, 1.807) is 0 Å². The van der Waals surface area contributed by atoms with Crippen LogP contribution < -0.4 is 5.32 Å². The maximum Gasteiger partial charge on any atom is 0.193 e. The van der Waals surface area contributed by atoms with Crippen molar-refractivity contribution in [2.24, 2.45) is 10.9 Å². The zero-order chi connectivity index (χ0) is 17.6. The van der Waals surface area contributed by atoms with Crippen molar-refractivity contribution in [3.05, 3.63) is 35.0 Å². The van der Waals surface area contributed by atoms with Crippen LogP contribution in [-0.2, 0) is 11.2 Å². The number of hydrogen-bond acceptors (Lipinski definition) is 2. The van der Waals surface area contributed by atoms with Gasteiger partial charge in [-0.15, -0.1) is 24.0 Å². The number of H-pyrrole nitrogens is 1. The summed E-state index contributed by atoms with van der Waals surface area (Å²) in [6.07, 6.45) is 4.16. The summed E-state index contributed by atoms with van der Waals surface area (Å²) in [4.78, 5) is 10.1. The number of aromatic nitrogens is 1. The van der Waals surface area contributed by atoms with E-state index in [9.17, 15) is 0 Å². The Kier molecular flexibility index (Phi) is 8.50. The summed E-state index contributed by atoms with van der Waals surface area (Å²) < 4.78 is 5.56. The predicted octanol–water partition coefficient (Wildman–Crippen LogP) is 3.92. The summed E-state index contributed by atoms with van der Waals surface area (Å²) in [5, 5.41) is 5.46. The van der Waals surface area contributed by atoms with Crippen LogP contribution in [0.25, 0.3) is 10.9 Å². The number of nitrogens with zero attached hydrogens (tertiary/aromatic N) is 2.